The molecule has 3 aromatic carbocycles. The van der Waals surface area contributed by atoms with Crippen LogP contribution in [0.5, 0.6) is 23.0 Å². The van der Waals surface area contributed by atoms with Crippen molar-refractivity contribution in [3.63, 3.8) is 0 Å². The molecule has 3 rings (SSSR count). The molecule has 0 saturated carbocycles. The van der Waals surface area contributed by atoms with Crippen molar-refractivity contribution in [1.82, 2.24) is 0 Å². The largest absolute Gasteiger partial charge is 0.457 e. The third kappa shape index (κ3) is 3.42. The molecule has 0 bridgehead atoms. The van der Waals surface area contributed by atoms with E-state index in [-0.39, 0.29) is 0 Å². The molecule has 0 spiro atoms. The van der Waals surface area contributed by atoms with Gasteiger partial charge in [-0.2, -0.15) is 0 Å². The fourth-order valence-corrected chi connectivity index (χ4v) is 2.02. The Morgan fingerprint density at radius 3 is 1.95 bits per heavy atom. The summed E-state index contributed by atoms with van der Waals surface area (Å²) in [6.07, 6.45) is 0. The Balaban J connectivity index is 1.79. The lowest BCUT2D eigenvalue weighted by molar-refractivity contribution is 0.458. The molecule has 0 saturated heterocycles. The molecule has 0 atom stereocenters. The van der Waals surface area contributed by atoms with Gasteiger partial charge in [0.2, 0.25) is 0 Å². The van der Waals surface area contributed by atoms with Crippen LogP contribution in [-0.4, -0.2) is 0 Å². The molecule has 2 heteroatoms. The molecule has 0 aliphatic heterocycles. The van der Waals surface area contributed by atoms with Gasteiger partial charge in [-0.3, -0.25) is 0 Å². The molecule has 0 aliphatic carbocycles. The molecule has 21 heavy (non-hydrogen) atoms. The van der Waals surface area contributed by atoms with Crippen molar-refractivity contribution < 1.29 is 9.47 Å². The Hall–Kier alpha value is -2.74. The molecule has 0 aliphatic rings. The van der Waals surface area contributed by atoms with Crippen molar-refractivity contribution in [3.8, 4) is 23.0 Å². The monoisotopic (exact) mass is 276 g/mol. The van der Waals surface area contributed by atoms with Crippen molar-refractivity contribution >= 4 is 0 Å². The zero-order valence-corrected chi connectivity index (χ0v) is 11.8. The van der Waals surface area contributed by atoms with Gasteiger partial charge in [0, 0.05) is 6.07 Å². The summed E-state index contributed by atoms with van der Waals surface area (Å²) in [5.74, 6) is 3.19. The van der Waals surface area contributed by atoms with Crippen LogP contribution in [0.15, 0.2) is 78.9 Å². The van der Waals surface area contributed by atoms with Gasteiger partial charge >= 0.3 is 0 Å². The van der Waals surface area contributed by atoms with Gasteiger partial charge in [0.05, 0.1) is 0 Å². The number of hydrogen-bond donors (Lipinski definition) is 0. The van der Waals surface area contributed by atoms with E-state index in [0.717, 1.165) is 28.6 Å². The second kappa shape index (κ2) is 6.14. The Labute approximate surface area is 124 Å². The zero-order chi connectivity index (χ0) is 14.5. The fraction of sp³-hybridized carbons (Fsp3) is 0.0526. The Kier molecular flexibility index (Phi) is 3.88. The van der Waals surface area contributed by atoms with Gasteiger partial charge in [0.1, 0.15) is 23.0 Å². The molecule has 104 valence electrons. The van der Waals surface area contributed by atoms with Gasteiger partial charge in [0.15, 0.2) is 0 Å². The van der Waals surface area contributed by atoms with Crippen LogP contribution in [0.2, 0.25) is 0 Å². The fourth-order valence-electron chi connectivity index (χ4n) is 2.02. The minimum Gasteiger partial charge on any atom is -0.457 e. The quantitative estimate of drug-likeness (QED) is 0.619. The van der Waals surface area contributed by atoms with E-state index < -0.39 is 0 Å². The molecule has 0 N–H and O–H groups in total. The van der Waals surface area contributed by atoms with Crippen LogP contribution in [0.1, 0.15) is 5.56 Å². The highest BCUT2D eigenvalue weighted by Crippen LogP contribution is 2.29. The highest BCUT2D eigenvalue weighted by atomic mass is 16.5. The first-order valence-electron chi connectivity index (χ1n) is 6.88. The maximum absolute atomic E-state index is 5.91. The lowest BCUT2D eigenvalue weighted by atomic mass is 10.2. The van der Waals surface area contributed by atoms with E-state index in [2.05, 4.69) is 0 Å². The van der Waals surface area contributed by atoms with Gasteiger partial charge in [0.25, 0.3) is 0 Å². The topological polar surface area (TPSA) is 18.5 Å². The van der Waals surface area contributed by atoms with Crippen LogP contribution >= 0.6 is 0 Å². The van der Waals surface area contributed by atoms with Crippen LogP contribution in [0.3, 0.4) is 0 Å². The standard InChI is InChI=1S/C19H16O2/c1-15-8-5-6-13-19(15)21-18-12-7-11-17(14-18)20-16-9-3-2-4-10-16/h2-14H,1H3. The van der Waals surface area contributed by atoms with Crippen LogP contribution in [0.25, 0.3) is 0 Å². The van der Waals surface area contributed by atoms with E-state index in [1.54, 1.807) is 0 Å². The average molecular weight is 276 g/mol. The first kappa shape index (κ1) is 13.3. The lowest BCUT2D eigenvalue weighted by Gasteiger charge is -2.10. The van der Waals surface area contributed by atoms with Gasteiger partial charge in [-0.05, 0) is 42.8 Å². The molecular formula is C19H16O2. The summed E-state index contributed by atoms with van der Waals surface area (Å²) in [5.41, 5.74) is 1.10. The predicted octanol–water partition coefficient (Wildman–Crippen LogP) is 5.58. The highest BCUT2D eigenvalue weighted by Gasteiger charge is 2.03. The van der Waals surface area contributed by atoms with Gasteiger partial charge < -0.3 is 9.47 Å². The van der Waals surface area contributed by atoms with Crippen LogP contribution in [-0.2, 0) is 0 Å². The van der Waals surface area contributed by atoms with Crippen molar-refractivity contribution in [2.24, 2.45) is 0 Å². The predicted molar refractivity (Wildman–Crippen MR) is 84.2 cm³/mol. The number of para-hydroxylation sites is 2. The molecular weight excluding hydrogens is 260 g/mol. The van der Waals surface area contributed by atoms with Crippen molar-refractivity contribution in [2.45, 2.75) is 6.92 Å². The Bertz CT molecular complexity index is 720. The molecule has 0 amide bonds. The summed E-state index contributed by atoms with van der Waals surface area (Å²) in [6.45, 7) is 2.03. The van der Waals surface area contributed by atoms with Crippen LogP contribution in [0, 0.1) is 6.92 Å². The van der Waals surface area contributed by atoms with E-state index in [9.17, 15) is 0 Å². The summed E-state index contributed by atoms with van der Waals surface area (Å²) < 4.78 is 11.7. The number of aryl methyl sites for hydroxylation is 1. The van der Waals surface area contributed by atoms with E-state index in [1.165, 1.54) is 0 Å². The Morgan fingerprint density at radius 1 is 0.571 bits per heavy atom. The lowest BCUT2D eigenvalue weighted by Crippen LogP contribution is -1.88. The highest BCUT2D eigenvalue weighted by molar-refractivity contribution is 5.41. The first-order valence-corrected chi connectivity index (χ1v) is 6.88. The number of ether oxygens (including phenoxy) is 2. The molecule has 0 aromatic heterocycles. The van der Waals surface area contributed by atoms with Gasteiger partial charge in [-0.15, -0.1) is 0 Å². The first-order chi connectivity index (χ1) is 10.3. The Morgan fingerprint density at radius 2 is 1.19 bits per heavy atom. The van der Waals surface area contributed by atoms with Crippen LogP contribution < -0.4 is 9.47 Å². The molecule has 0 unspecified atom stereocenters. The molecule has 2 nitrogen and oxygen atoms in total. The molecule has 0 heterocycles. The van der Waals surface area contributed by atoms with E-state index >= 15 is 0 Å². The second-order valence-electron chi connectivity index (χ2n) is 4.76. The van der Waals surface area contributed by atoms with E-state index in [4.69, 9.17) is 9.47 Å². The van der Waals surface area contributed by atoms with E-state index in [1.807, 2.05) is 85.8 Å². The minimum atomic E-state index is 0.757. The summed E-state index contributed by atoms with van der Waals surface area (Å²) in [7, 11) is 0. The average Bonchev–Trinajstić information content (AvgIpc) is 2.51. The molecule has 0 radical (unpaired) electrons. The maximum atomic E-state index is 5.91. The second-order valence-corrected chi connectivity index (χ2v) is 4.76. The third-order valence-corrected chi connectivity index (χ3v) is 3.11. The van der Waals surface area contributed by atoms with Crippen molar-refractivity contribution in [3.05, 3.63) is 84.4 Å². The SMILES string of the molecule is Cc1ccccc1Oc1cccc(Oc2ccccc2)c1. The summed E-state index contributed by atoms with van der Waals surface area (Å²) >= 11 is 0. The van der Waals surface area contributed by atoms with E-state index in [0.29, 0.717) is 0 Å². The summed E-state index contributed by atoms with van der Waals surface area (Å²) in [5, 5.41) is 0. The maximum Gasteiger partial charge on any atom is 0.131 e. The summed E-state index contributed by atoms with van der Waals surface area (Å²) in [6, 6.07) is 25.3. The normalized spacial score (nSPS) is 10.1. The van der Waals surface area contributed by atoms with Crippen LogP contribution in [0.4, 0.5) is 0 Å². The van der Waals surface area contributed by atoms with Crippen molar-refractivity contribution in [1.29, 1.82) is 0 Å². The number of rotatable bonds is 4. The summed E-state index contributed by atoms with van der Waals surface area (Å²) in [4.78, 5) is 0. The zero-order valence-electron chi connectivity index (χ0n) is 11.8. The smallest absolute Gasteiger partial charge is 0.131 e. The molecule has 0 fully saturated rings. The van der Waals surface area contributed by atoms with Gasteiger partial charge in [-0.25, -0.2) is 0 Å². The molecule has 3 aromatic rings. The number of hydrogen-bond acceptors (Lipinski definition) is 2. The minimum absolute atomic E-state index is 0.757. The number of benzene rings is 3. The van der Waals surface area contributed by atoms with Crippen molar-refractivity contribution in [2.75, 3.05) is 0 Å². The van der Waals surface area contributed by atoms with Gasteiger partial charge in [-0.1, -0.05) is 42.5 Å². The third-order valence-electron chi connectivity index (χ3n) is 3.11.